The van der Waals surface area contributed by atoms with Gasteiger partial charge >= 0.3 is 0 Å². The molecule has 1 atom stereocenters. The first kappa shape index (κ1) is 16.0. The van der Waals surface area contributed by atoms with Gasteiger partial charge in [-0.1, -0.05) is 59.3 Å². The van der Waals surface area contributed by atoms with Crippen LogP contribution < -0.4 is 0 Å². The molecule has 0 aliphatic carbocycles. The van der Waals surface area contributed by atoms with Gasteiger partial charge in [0.1, 0.15) is 6.10 Å². The number of aromatic nitrogens is 4. The second-order valence-electron chi connectivity index (χ2n) is 6.70. The van der Waals surface area contributed by atoms with Crippen LogP contribution in [0.5, 0.6) is 0 Å². The Morgan fingerprint density at radius 1 is 1.07 bits per heavy atom. The van der Waals surface area contributed by atoms with Crippen molar-refractivity contribution in [2.45, 2.75) is 26.2 Å². The van der Waals surface area contributed by atoms with Crippen molar-refractivity contribution in [2.24, 2.45) is 0 Å². The first-order chi connectivity index (χ1) is 13.3. The fraction of sp³-hybridized carbons (Fsp3) is 0.190. The van der Waals surface area contributed by atoms with E-state index in [1.165, 1.54) is 0 Å². The Morgan fingerprint density at radius 2 is 1.96 bits per heavy atom. The van der Waals surface area contributed by atoms with Gasteiger partial charge in [0.15, 0.2) is 5.69 Å². The highest BCUT2D eigenvalue weighted by Gasteiger charge is 2.26. The highest BCUT2D eigenvalue weighted by atomic mass is 16.5. The van der Waals surface area contributed by atoms with E-state index in [0.717, 1.165) is 22.4 Å². The molecular weight excluding hydrogens is 340 g/mol. The summed E-state index contributed by atoms with van der Waals surface area (Å²) in [5.74, 6) is 0.983. The number of hydrogen-bond acceptors (Lipinski definition) is 5. The fourth-order valence-corrected chi connectivity index (χ4v) is 3.40. The summed E-state index contributed by atoms with van der Waals surface area (Å²) in [6.07, 6.45) is 1.84. The number of fused-ring (bicyclic) bond motifs is 1. The maximum Gasteiger partial charge on any atom is 0.278 e. The SMILES string of the molecule is Cc1cccc(-c2noc(-c3ncn4c3CO[C@H](c3ccccc3)C4)n2)c1. The number of imidazole rings is 1. The van der Waals surface area contributed by atoms with Gasteiger partial charge in [0.05, 0.1) is 25.2 Å². The summed E-state index contributed by atoms with van der Waals surface area (Å²) in [5, 5.41) is 4.12. The van der Waals surface area contributed by atoms with Gasteiger partial charge in [-0.15, -0.1) is 0 Å². The van der Waals surface area contributed by atoms with Crippen LogP contribution in [0.1, 0.15) is 22.9 Å². The predicted molar refractivity (Wildman–Crippen MR) is 99.7 cm³/mol. The van der Waals surface area contributed by atoms with Gasteiger partial charge in [-0.05, 0) is 18.6 Å². The van der Waals surface area contributed by atoms with Crippen LogP contribution in [0.15, 0.2) is 65.4 Å². The number of rotatable bonds is 3. The molecule has 0 unspecified atom stereocenters. The Balaban J connectivity index is 1.43. The van der Waals surface area contributed by atoms with Crippen molar-refractivity contribution in [3.05, 3.63) is 77.7 Å². The van der Waals surface area contributed by atoms with E-state index in [2.05, 4.69) is 31.8 Å². The van der Waals surface area contributed by atoms with Gasteiger partial charge in [0.25, 0.3) is 5.89 Å². The molecule has 6 heteroatoms. The predicted octanol–water partition coefficient (Wildman–Crippen LogP) is 4.18. The molecule has 1 aliphatic heterocycles. The third kappa shape index (κ3) is 2.94. The molecule has 134 valence electrons. The monoisotopic (exact) mass is 358 g/mol. The summed E-state index contributed by atoms with van der Waals surface area (Å²) in [7, 11) is 0. The number of benzene rings is 2. The fourth-order valence-electron chi connectivity index (χ4n) is 3.40. The standard InChI is InChI=1S/C21H18N4O2/c1-14-6-5-9-16(10-14)20-23-21(27-24-20)19-17-12-26-18(11-25(17)13-22-19)15-7-3-2-4-8-15/h2-10,13,18H,11-12H2,1H3/t18-/m0/s1. The van der Waals surface area contributed by atoms with Crippen molar-refractivity contribution in [2.75, 3.05) is 0 Å². The Kier molecular flexibility index (Phi) is 3.83. The molecule has 27 heavy (non-hydrogen) atoms. The molecule has 0 saturated heterocycles. The molecular formula is C21H18N4O2. The summed E-state index contributed by atoms with van der Waals surface area (Å²) in [4.78, 5) is 9.05. The number of ether oxygens (including phenoxy) is 1. The Morgan fingerprint density at radius 3 is 2.81 bits per heavy atom. The zero-order chi connectivity index (χ0) is 18.2. The highest BCUT2D eigenvalue weighted by molar-refractivity contribution is 5.59. The lowest BCUT2D eigenvalue weighted by molar-refractivity contribution is 0.00330. The molecule has 0 spiro atoms. The first-order valence-corrected chi connectivity index (χ1v) is 8.89. The van der Waals surface area contributed by atoms with Crippen molar-refractivity contribution in [1.82, 2.24) is 19.7 Å². The number of hydrogen-bond donors (Lipinski definition) is 0. The summed E-state index contributed by atoms with van der Waals surface area (Å²) < 4.78 is 13.7. The van der Waals surface area contributed by atoms with E-state index < -0.39 is 0 Å². The zero-order valence-electron chi connectivity index (χ0n) is 14.9. The second kappa shape index (κ2) is 6.48. The molecule has 2 aromatic carbocycles. The van der Waals surface area contributed by atoms with E-state index in [9.17, 15) is 0 Å². The topological polar surface area (TPSA) is 66.0 Å². The molecule has 1 aliphatic rings. The minimum Gasteiger partial charge on any atom is -0.365 e. The summed E-state index contributed by atoms with van der Waals surface area (Å²) in [6.45, 7) is 3.21. The quantitative estimate of drug-likeness (QED) is 0.550. The van der Waals surface area contributed by atoms with Crippen molar-refractivity contribution in [3.63, 3.8) is 0 Å². The molecule has 5 rings (SSSR count). The van der Waals surface area contributed by atoms with Crippen LogP contribution in [0, 0.1) is 6.92 Å². The van der Waals surface area contributed by atoms with E-state index in [-0.39, 0.29) is 6.10 Å². The lowest BCUT2D eigenvalue weighted by atomic mass is 10.1. The molecule has 0 amide bonds. The molecule has 0 N–H and O–H groups in total. The van der Waals surface area contributed by atoms with Gasteiger partial charge in [-0.2, -0.15) is 4.98 Å². The maximum atomic E-state index is 6.07. The lowest BCUT2D eigenvalue weighted by Crippen LogP contribution is -2.20. The molecule has 2 aromatic heterocycles. The third-order valence-electron chi connectivity index (χ3n) is 4.81. The van der Waals surface area contributed by atoms with Gasteiger partial charge in [-0.25, -0.2) is 4.98 Å². The van der Waals surface area contributed by atoms with Gasteiger partial charge < -0.3 is 13.8 Å². The summed E-state index contributed by atoms with van der Waals surface area (Å²) in [5.41, 5.74) is 4.89. The smallest absolute Gasteiger partial charge is 0.278 e. The number of aryl methyl sites for hydroxylation is 1. The Bertz CT molecular complexity index is 1080. The van der Waals surface area contributed by atoms with E-state index in [4.69, 9.17) is 9.26 Å². The molecule has 0 fully saturated rings. The van der Waals surface area contributed by atoms with Crippen molar-refractivity contribution in [1.29, 1.82) is 0 Å². The largest absolute Gasteiger partial charge is 0.365 e. The molecule has 6 nitrogen and oxygen atoms in total. The van der Waals surface area contributed by atoms with Crippen LogP contribution in [-0.2, 0) is 17.9 Å². The Labute approximate surface area is 156 Å². The maximum absolute atomic E-state index is 6.07. The summed E-state index contributed by atoms with van der Waals surface area (Å²) in [6, 6.07) is 18.3. The minimum atomic E-state index is 0.0197. The van der Waals surface area contributed by atoms with E-state index >= 15 is 0 Å². The molecule has 0 saturated carbocycles. The average molecular weight is 358 g/mol. The van der Waals surface area contributed by atoms with E-state index in [1.807, 2.05) is 55.7 Å². The molecule has 4 aromatic rings. The number of nitrogens with zero attached hydrogens (tertiary/aromatic N) is 4. The van der Waals surface area contributed by atoms with Gasteiger partial charge in [0, 0.05) is 5.56 Å². The van der Waals surface area contributed by atoms with E-state index in [0.29, 0.717) is 30.6 Å². The van der Waals surface area contributed by atoms with Crippen LogP contribution in [0.4, 0.5) is 0 Å². The van der Waals surface area contributed by atoms with Crippen LogP contribution in [0.25, 0.3) is 23.0 Å². The van der Waals surface area contributed by atoms with Crippen LogP contribution in [-0.4, -0.2) is 19.7 Å². The van der Waals surface area contributed by atoms with Gasteiger partial charge in [-0.3, -0.25) is 0 Å². The second-order valence-corrected chi connectivity index (χ2v) is 6.70. The Hall–Kier alpha value is -3.25. The zero-order valence-corrected chi connectivity index (χ0v) is 14.9. The van der Waals surface area contributed by atoms with Crippen LogP contribution in [0.3, 0.4) is 0 Å². The summed E-state index contributed by atoms with van der Waals surface area (Å²) >= 11 is 0. The highest BCUT2D eigenvalue weighted by Crippen LogP contribution is 2.31. The van der Waals surface area contributed by atoms with E-state index in [1.54, 1.807) is 0 Å². The average Bonchev–Trinajstić information content (AvgIpc) is 3.35. The minimum absolute atomic E-state index is 0.0197. The normalized spacial score (nSPS) is 16.3. The van der Waals surface area contributed by atoms with Crippen molar-refractivity contribution in [3.8, 4) is 23.0 Å². The molecule has 0 bridgehead atoms. The molecule has 3 heterocycles. The van der Waals surface area contributed by atoms with Crippen molar-refractivity contribution >= 4 is 0 Å². The lowest BCUT2D eigenvalue weighted by Gasteiger charge is -2.25. The van der Waals surface area contributed by atoms with Gasteiger partial charge in [0.2, 0.25) is 5.82 Å². The van der Waals surface area contributed by atoms with Crippen molar-refractivity contribution < 1.29 is 9.26 Å². The van der Waals surface area contributed by atoms with Crippen LogP contribution in [0.2, 0.25) is 0 Å². The van der Waals surface area contributed by atoms with Crippen LogP contribution >= 0.6 is 0 Å². The third-order valence-corrected chi connectivity index (χ3v) is 4.81. The molecule has 0 radical (unpaired) electrons. The first-order valence-electron chi connectivity index (χ1n) is 8.89.